The molecule has 15 heavy (non-hydrogen) atoms. The summed E-state index contributed by atoms with van der Waals surface area (Å²) in [6, 6.07) is 6.38. The first kappa shape index (κ1) is 12.1. The minimum Gasteiger partial charge on any atom is -0.493 e. The molecule has 0 atom stereocenters. The lowest BCUT2D eigenvalue weighted by Crippen LogP contribution is -2.02. The van der Waals surface area contributed by atoms with E-state index >= 15 is 0 Å². The van der Waals surface area contributed by atoms with E-state index in [1.165, 1.54) is 11.1 Å². The fraction of sp³-hybridized carbons (Fsp3) is 0.500. The highest BCUT2D eigenvalue weighted by molar-refractivity contribution is 6.08. The van der Waals surface area contributed by atoms with Crippen molar-refractivity contribution in [3.05, 3.63) is 29.3 Å². The van der Waals surface area contributed by atoms with E-state index < -0.39 is 0 Å². The maximum atomic E-state index is 5.65. The largest absolute Gasteiger partial charge is 0.493 e. The maximum absolute atomic E-state index is 5.65. The monoisotopic (exact) mass is 206 g/mol. The fourth-order valence-electron chi connectivity index (χ4n) is 1.51. The van der Waals surface area contributed by atoms with Crippen molar-refractivity contribution < 1.29 is 9.47 Å². The molecule has 0 saturated heterocycles. The van der Waals surface area contributed by atoms with E-state index in [1.807, 2.05) is 0 Å². The second-order valence-electron chi connectivity index (χ2n) is 3.70. The van der Waals surface area contributed by atoms with Crippen LogP contribution in [0.2, 0.25) is 0 Å². The standard InChI is InChI=1S/C12H19BO2/c1-10-6-11(9-13)8-12(7-10)15-5-3-4-14-2/h6-8H,3-5,9,13H2,1-2H3. The van der Waals surface area contributed by atoms with Gasteiger partial charge in [-0.25, -0.2) is 0 Å². The van der Waals surface area contributed by atoms with Crippen LogP contribution in [0, 0.1) is 6.92 Å². The molecule has 0 bridgehead atoms. The van der Waals surface area contributed by atoms with Gasteiger partial charge in [-0.2, -0.15) is 0 Å². The molecule has 0 N–H and O–H groups in total. The lowest BCUT2D eigenvalue weighted by atomic mass is 9.95. The number of benzene rings is 1. The highest BCUT2D eigenvalue weighted by Crippen LogP contribution is 2.16. The molecule has 0 aromatic heterocycles. The molecule has 0 unspecified atom stereocenters. The molecule has 0 heterocycles. The summed E-state index contributed by atoms with van der Waals surface area (Å²) in [6.07, 6.45) is 1.99. The van der Waals surface area contributed by atoms with E-state index in [0.29, 0.717) is 0 Å². The van der Waals surface area contributed by atoms with E-state index in [2.05, 4.69) is 33.0 Å². The van der Waals surface area contributed by atoms with Crippen molar-refractivity contribution in [2.45, 2.75) is 19.7 Å². The first-order valence-electron chi connectivity index (χ1n) is 5.48. The molecule has 3 heteroatoms. The molecular weight excluding hydrogens is 187 g/mol. The van der Waals surface area contributed by atoms with Crippen molar-refractivity contribution in [3.8, 4) is 5.75 Å². The van der Waals surface area contributed by atoms with Gasteiger partial charge in [-0.3, -0.25) is 0 Å². The Kier molecular flexibility index (Phi) is 5.26. The molecule has 0 aliphatic carbocycles. The van der Waals surface area contributed by atoms with Gasteiger partial charge in [0.2, 0.25) is 0 Å². The average molecular weight is 206 g/mol. The van der Waals surface area contributed by atoms with Gasteiger partial charge in [0.1, 0.15) is 13.6 Å². The van der Waals surface area contributed by atoms with Crippen LogP contribution in [0.4, 0.5) is 0 Å². The van der Waals surface area contributed by atoms with E-state index in [1.54, 1.807) is 7.11 Å². The lowest BCUT2D eigenvalue weighted by molar-refractivity contribution is 0.172. The Morgan fingerprint density at radius 3 is 2.67 bits per heavy atom. The molecule has 0 spiro atoms. The number of hydrogen-bond acceptors (Lipinski definition) is 2. The normalized spacial score (nSPS) is 10.3. The van der Waals surface area contributed by atoms with Crippen LogP contribution in [-0.2, 0) is 11.1 Å². The van der Waals surface area contributed by atoms with Crippen LogP contribution in [0.5, 0.6) is 5.75 Å². The average Bonchev–Trinajstić information content (AvgIpc) is 2.23. The van der Waals surface area contributed by atoms with Gasteiger partial charge in [-0.05, 0) is 24.6 Å². The van der Waals surface area contributed by atoms with Gasteiger partial charge >= 0.3 is 0 Å². The molecule has 0 aliphatic rings. The molecule has 1 aromatic rings. The number of aryl methyl sites for hydroxylation is 1. The molecule has 0 aliphatic heterocycles. The number of rotatable bonds is 6. The Balaban J connectivity index is 2.49. The highest BCUT2D eigenvalue weighted by Gasteiger charge is 1.98. The molecule has 82 valence electrons. The zero-order valence-electron chi connectivity index (χ0n) is 9.88. The summed E-state index contributed by atoms with van der Waals surface area (Å²) in [5, 5.41) is 0. The van der Waals surface area contributed by atoms with Gasteiger partial charge in [-0.15, -0.1) is 0 Å². The predicted molar refractivity (Wildman–Crippen MR) is 65.4 cm³/mol. The summed E-state index contributed by atoms with van der Waals surface area (Å²) < 4.78 is 10.6. The number of hydrogen-bond donors (Lipinski definition) is 0. The summed E-state index contributed by atoms with van der Waals surface area (Å²) in [6.45, 7) is 3.58. The molecular formula is C12H19BO2. The van der Waals surface area contributed by atoms with Crippen molar-refractivity contribution >= 4 is 7.85 Å². The third kappa shape index (κ3) is 4.39. The van der Waals surface area contributed by atoms with Crippen LogP contribution in [0.25, 0.3) is 0 Å². The first-order valence-corrected chi connectivity index (χ1v) is 5.48. The SMILES string of the molecule is BCc1cc(C)cc(OCCCOC)c1. The smallest absolute Gasteiger partial charge is 0.119 e. The fourth-order valence-corrected chi connectivity index (χ4v) is 1.51. The summed E-state index contributed by atoms with van der Waals surface area (Å²) in [5.74, 6) is 0.975. The first-order chi connectivity index (χ1) is 7.26. The van der Waals surface area contributed by atoms with Crippen molar-refractivity contribution in [3.63, 3.8) is 0 Å². The zero-order valence-corrected chi connectivity index (χ0v) is 9.88. The van der Waals surface area contributed by atoms with E-state index in [-0.39, 0.29) is 0 Å². The Morgan fingerprint density at radius 2 is 2.00 bits per heavy atom. The predicted octanol–water partition coefficient (Wildman–Crippen LogP) is 1.54. The van der Waals surface area contributed by atoms with E-state index in [4.69, 9.17) is 9.47 Å². The minimum absolute atomic E-state index is 0.723. The third-order valence-corrected chi connectivity index (χ3v) is 2.28. The summed E-state index contributed by atoms with van der Waals surface area (Å²) in [7, 11) is 3.87. The van der Waals surface area contributed by atoms with Crippen molar-refractivity contribution in [1.82, 2.24) is 0 Å². The van der Waals surface area contributed by atoms with Gasteiger partial charge in [0, 0.05) is 20.1 Å². The number of methoxy groups -OCH3 is 1. The number of ether oxygens (including phenoxy) is 2. The Hall–Kier alpha value is -0.955. The zero-order chi connectivity index (χ0) is 11.1. The highest BCUT2D eigenvalue weighted by atomic mass is 16.5. The van der Waals surface area contributed by atoms with E-state index in [9.17, 15) is 0 Å². The van der Waals surface area contributed by atoms with Crippen molar-refractivity contribution in [2.75, 3.05) is 20.3 Å². The molecule has 0 fully saturated rings. The maximum Gasteiger partial charge on any atom is 0.119 e. The second-order valence-corrected chi connectivity index (χ2v) is 3.70. The van der Waals surface area contributed by atoms with Crippen LogP contribution < -0.4 is 4.74 Å². The minimum atomic E-state index is 0.723. The van der Waals surface area contributed by atoms with Crippen molar-refractivity contribution in [2.24, 2.45) is 0 Å². The molecule has 1 aromatic carbocycles. The van der Waals surface area contributed by atoms with Gasteiger partial charge < -0.3 is 9.47 Å². The van der Waals surface area contributed by atoms with Crippen LogP contribution in [0.1, 0.15) is 17.5 Å². The Morgan fingerprint density at radius 1 is 1.20 bits per heavy atom. The summed E-state index contributed by atoms with van der Waals surface area (Å²) >= 11 is 0. The van der Waals surface area contributed by atoms with Gasteiger partial charge in [0.05, 0.1) is 6.61 Å². The van der Waals surface area contributed by atoms with Crippen LogP contribution >= 0.6 is 0 Å². The molecule has 1 rings (SSSR count). The van der Waals surface area contributed by atoms with Crippen LogP contribution in [-0.4, -0.2) is 28.2 Å². The van der Waals surface area contributed by atoms with E-state index in [0.717, 1.165) is 31.7 Å². The topological polar surface area (TPSA) is 18.5 Å². The molecule has 0 amide bonds. The second kappa shape index (κ2) is 6.51. The van der Waals surface area contributed by atoms with Crippen LogP contribution in [0.15, 0.2) is 18.2 Å². The summed E-state index contributed by atoms with van der Waals surface area (Å²) in [4.78, 5) is 0. The lowest BCUT2D eigenvalue weighted by Gasteiger charge is -2.08. The Bertz CT molecular complexity index is 300. The quantitative estimate of drug-likeness (QED) is 0.519. The summed E-state index contributed by atoms with van der Waals surface area (Å²) in [5.41, 5.74) is 2.59. The Labute approximate surface area is 93.0 Å². The molecule has 0 saturated carbocycles. The third-order valence-electron chi connectivity index (χ3n) is 2.28. The van der Waals surface area contributed by atoms with Gasteiger partial charge in [0.15, 0.2) is 0 Å². The molecule has 2 nitrogen and oxygen atoms in total. The van der Waals surface area contributed by atoms with Gasteiger partial charge in [0.25, 0.3) is 0 Å². The van der Waals surface area contributed by atoms with Crippen molar-refractivity contribution in [1.29, 1.82) is 0 Å². The van der Waals surface area contributed by atoms with Gasteiger partial charge in [-0.1, -0.05) is 17.9 Å². The molecule has 0 radical (unpaired) electrons. The van der Waals surface area contributed by atoms with Crippen LogP contribution in [0.3, 0.4) is 0 Å².